The van der Waals surface area contributed by atoms with Crippen molar-refractivity contribution < 1.29 is 49.4 Å². The van der Waals surface area contributed by atoms with Crippen LogP contribution in [0.1, 0.15) is 32.1 Å². The van der Waals surface area contributed by atoms with Gasteiger partial charge in [0.1, 0.15) is 12.0 Å². The lowest BCUT2D eigenvalue weighted by atomic mass is 10.1. The summed E-state index contributed by atoms with van der Waals surface area (Å²) in [4.78, 5) is 0. The molecule has 1 fully saturated rings. The Balaban J connectivity index is 3.13. The Labute approximate surface area is 138 Å². The third-order valence-corrected chi connectivity index (χ3v) is 5.92. The highest BCUT2D eigenvalue weighted by Crippen LogP contribution is 2.54. The third-order valence-electron chi connectivity index (χ3n) is 3.38. The van der Waals surface area contributed by atoms with Crippen LogP contribution in [0, 0.1) is 0 Å². The first-order chi connectivity index (χ1) is 10.9. The van der Waals surface area contributed by atoms with Crippen molar-refractivity contribution >= 4 is 22.1 Å². The summed E-state index contributed by atoms with van der Waals surface area (Å²) in [6.45, 7) is -0.959. The second-order valence-corrected chi connectivity index (χ2v) is 7.79. The topological polar surface area (TPSA) is 78.9 Å². The van der Waals surface area contributed by atoms with Gasteiger partial charge in [-0.1, -0.05) is 19.3 Å². The van der Waals surface area contributed by atoms with E-state index in [2.05, 4.69) is 9.37 Å². The highest BCUT2D eigenvalue weighted by molar-refractivity contribution is 7.95. The first-order valence-electron chi connectivity index (χ1n) is 6.69. The fourth-order valence-corrected chi connectivity index (χ4v) is 3.99. The summed E-state index contributed by atoms with van der Waals surface area (Å²) in [7, 11) is -6.08. The van der Waals surface area contributed by atoms with Gasteiger partial charge < -0.3 is 5.26 Å². The van der Waals surface area contributed by atoms with Gasteiger partial charge in [0, 0.05) is 13.1 Å². The van der Waals surface area contributed by atoms with Crippen molar-refractivity contribution in [3.05, 3.63) is 0 Å². The van der Waals surface area contributed by atoms with Crippen molar-refractivity contribution in [3.8, 4) is 0 Å². The van der Waals surface area contributed by atoms with E-state index in [-0.39, 0.29) is 17.1 Å². The summed E-state index contributed by atoms with van der Waals surface area (Å²) in [5.74, 6) is -6.36. The molecule has 0 aliphatic carbocycles. The Morgan fingerprint density at radius 2 is 1.38 bits per heavy atom. The van der Waals surface area contributed by atoms with Crippen LogP contribution < -0.4 is 5.26 Å². The van der Waals surface area contributed by atoms with Crippen molar-refractivity contribution in [2.45, 2.75) is 48.5 Å². The number of hydrogen-bond donors (Lipinski definition) is 0. The van der Waals surface area contributed by atoms with Gasteiger partial charge in [-0.2, -0.15) is 35.0 Å². The molecule has 0 atom stereocenters. The van der Waals surface area contributed by atoms with Crippen LogP contribution in [0.15, 0.2) is 0 Å². The van der Waals surface area contributed by atoms with Gasteiger partial charge in [-0.05, 0) is 12.8 Å². The average Bonchev–Trinajstić information content (AvgIpc) is 2.43. The van der Waals surface area contributed by atoms with Gasteiger partial charge in [0.2, 0.25) is 0 Å². The molecule has 24 heavy (non-hydrogen) atoms. The smallest absolute Gasteiger partial charge is 0.428 e. The molecule has 1 aliphatic rings. The maximum atomic E-state index is 13.9. The summed E-state index contributed by atoms with van der Waals surface area (Å²) in [6, 6.07) is 0. The van der Waals surface area contributed by atoms with Crippen LogP contribution >= 0.6 is 12.0 Å². The van der Waals surface area contributed by atoms with Gasteiger partial charge in [0.15, 0.2) is 0 Å². The maximum absolute atomic E-state index is 13.9. The van der Waals surface area contributed by atoms with Crippen molar-refractivity contribution in [2.75, 3.05) is 13.1 Å². The summed E-state index contributed by atoms with van der Waals surface area (Å²) in [5.41, 5.74) is 0. The lowest BCUT2D eigenvalue weighted by molar-refractivity contribution is -0.777. The molecular weight excluding hydrogens is 392 g/mol. The fraction of sp³-hybridized carbons (Fsp3) is 1.00. The number of alkyl halides is 6. The largest absolute Gasteiger partial charge is 0.691 e. The lowest BCUT2D eigenvalue weighted by Gasteiger charge is -2.34. The summed E-state index contributed by atoms with van der Waals surface area (Å²) in [5, 5.41) is -0.0168. The zero-order valence-corrected chi connectivity index (χ0v) is 13.7. The van der Waals surface area contributed by atoms with E-state index < -0.39 is 51.6 Å². The quantitative estimate of drug-likeness (QED) is 0.279. The molecule has 1 aliphatic heterocycles. The number of hydrogen-bond acceptors (Lipinski definition) is 6. The molecule has 1 heterocycles. The molecule has 0 aromatic heterocycles. The molecule has 0 aromatic rings. The molecule has 1 rings (SSSR count). The molecule has 0 spiro atoms. The van der Waals surface area contributed by atoms with Crippen LogP contribution in [0.3, 0.4) is 0 Å². The zero-order chi connectivity index (χ0) is 18.6. The van der Waals surface area contributed by atoms with E-state index in [0.29, 0.717) is 12.8 Å². The van der Waals surface area contributed by atoms with Crippen LogP contribution in [-0.2, 0) is 19.4 Å². The highest BCUT2D eigenvalue weighted by Gasteiger charge is 2.79. The lowest BCUT2D eigenvalue weighted by Crippen LogP contribution is -2.60. The summed E-state index contributed by atoms with van der Waals surface area (Å²) in [6.07, 6.45) is 1.99. The fourth-order valence-electron chi connectivity index (χ4n) is 2.06. The van der Waals surface area contributed by atoms with Crippen molar-refractivity contribution in [1.29, 1.82) is 0 Å². The van der Waals surface area contributed by atoms with Crippen molar-refractivity contribution in [1.82, 2.24) is 4.31 Å². The molecule has 6 nitrogen and oxygen atoms in total. The highest BCUT2D eigenvalue weighted by atomic mass is 32.2. The van der Waals surface area contributed by atoms with E-state index in [1.165, 1.54) is 0 Å². The third kappa shape index (κ3) is 4.09. The molecule has 0 bridgehead atoms. The Morgan fingerprint density at radius 3 is 1.83 bits per heavy atom. The molecule has 0 aromatic carbocycles. The molecule has 0 unspecified atom stereocenters. The number of rotatable bonds is 7. The van der Waals surface area contributed by atoms with Gasteiger partial charge in [-0.25, -0.2) is 8.42 Å². The van der Waals surface area contributed by atoms with Crippen LogP contribution in [-0.4, -0.2) is 42.2 Å². The Morgan fingerprint density at radius 1 is 0.917 bits per heavy atom. The maximum Gasteiger partial charge on any atom is 0.428 e. The first-order valence-corrected chi connectivity index (χ1v) is 8.87. The van der Waals surface area contributed by atoms with Gasteiger partial charge in [0.25, 0.3) is 10.0 Å². The monoisotopic (exact) mass is 406 g/mol. The molecular formula is C10H14F6NO5S2-. The Kier molecular flexibility index (Phi) is 7.21. The van der Waals surface area contributed by atoms with E-state index in [4.69, 9.17) is 0 Å². The number of halogens is 6. The van der Waals surface area contributed by atoms with Gasteiger partial charge >= 0.3 is 16.4 Å². The van der Waals surface area contributed by atoms with Crippen LogP contribution in [0.5, 0.6) is 0 Å². The van der Waals surface area contributed by atoms with Crippen molar-refractivity contribution in [2.24, 2.45) is 0 Å². The second-order valence-electron chi connectivity index (χ2n) is 5.00. The van der Waals surface area contributed by atoms with E-state index in [1.54, 1.807) is 0 Å². The summed E-state index contributed by atoms with van der Waals surface area (Å²) < 4.78 is 108. The average molecular weight is 406 g/mol. The predicted molar refractivity (Wildman–Crippen MR) is 68.2 cm³/mol. The molecule has 0 radical (unpaired) electrons. The van der Waals surface area contributed by atoms with Crippen LogP contribution in [0.2, 0.25) is 0 Å². The van der Waals surface area contributed by atoms with E-state index in [1.807, 2.05) is 0 Å². The first kappa shape index (κ1) is 21.8. The van der Waals surface area contributed by atoms with Crippen molar-refractivity contribution in [3.63, 3.8) is 0 Å². The molecule has 0 N–H and O–H groups in total. The standard InChI is InChI=1S/C10H15F6NO5S2/c11-8(12,9(13,14)23-22-21-18)10(15,16)24(19,20)17-6-4-2-1-3-5-7-17/h18H,1-7H2/p-1. The molecule has 0 saturated carbocycles. The second kappa shape index (κ2) is 7.95. The normalized spacial score (nSPS) is 19.8. The molecule has 14 heteroatoms. The summed E-state index contributed by atoms with van der Waals surface area (Å²) >= 11 is -1.70. The minimum absolute atomic E-state index is 0.0891. The minimum atomic E-state index is -6.36. The predicted octanol–water partition coefficient (Wildman–Crippen LogP) is 2.27. The van der Waals surface area contributed by atoms with E-state index >= 15 is 0 Å². The molecule has 1 saturated heterocycles. The Hall–Kier alpha value is -0.280. The zero-order valence-electron chi connectivity index (χ0n) is 12.0. The van der Waals surface area contributed by atoms with Crippen LogP contribution in [0.25, 0.3) is 0 Å². The Bertz CT molecular complexity index is 510. The number of sulfonamides is 1. The SMILES string of the molecule is O=S(=O)(N1CCCCCCC1)C(F)(F)C(F)(F)C(F)(F)SOO[O-]. The minimum Gasteiger partial charge on any atom is -0.691 e. The van der Waals surface area contributed by atoms with Crippen LogP contribution in [0.4, 0.5) is 26.3 Å². The molecule has 144 valence electrons. The van der Waals surface area contributed by atoms with Gasteiger partial charge in [-0.3, -0.25) is 5.04 Å². The van der Waals surface area contributed by atoms with Gasteiger partial charge in [0.05, 0.1) is 0 Å². The van der Waals surface area contributed by atoms with E-state index in [9.17, 15) is 40.0 Å². The van der Waals surface area contributed by atoms with Gasteiger partial charge in [-0.15, -0.1) is 0 Å². The van der Waals surface area contributed by atoms with E-state index in [0.717, 1.165) is 6.42 Å². The number of nitrogens with zero attached hydrogens (tertiary/aromatic N) is 1. The molecule has 0 amide bonds.